The van der Waals surface area contributed by atoms with E-state index >= 15 is 0 Å². The number of hydrogen-bond donors (Lipinski definition) is 3. The minimum atomic E-state index is -3.67. The van der Waals surface area contributed by atoms with E-state index in [4.69, 9.17) is 20.1 Å². The average Bonchev–Trinajstić information content (AvgIpc) is 1.97. The Bertz CT molecular complexity index is 311. The van der Waals surface area contributed by atoms with E-state index in [0.717, 1.165) is 0 Å². The van der Waals surface area contributed by atoms with Crippen LogP contribution in [0.5, 0.6) is 0 Å². The first-order valence-corrected chi connectivity index (χ1v) is 6.75. The first-order valence-electron chi connectivity index (χ1n) is 4.90. The quantitative estimate of drug-likeness (QED) is 0.468. The minimum absolute atomic E-state index is 0.245. The van der Waals surface area contributed by atoms with Gasteiger partial charge in [0.2, 0.25) is 0 Å². The van der Waals surface area contributed by atoms with Gasteiger partial charge in [0.25, 0.3) is 10.1 Å². The molecule has 7 nitrogen and oxygen atoms in total. The summed E-state index contributed by atoms with van der Waals surface area (Å²) in [5, 5.41) is 9.13. The van der Waals surface area contributed by atoms with Crippen molar-refractivity contribution in [2.75, 3.05) is 12.8 Å². The van der Waals surface area contributed by atoms with Crippen molar-refractivity contribution in [3.63, 3.8) is 0 Å². The van der Waals surface area contributed by atoms with Gasteiger partial charge in [-0.15, -0.1) is 0 Å². The van der Waals surface area contributed by atoms with Crippen LogP contribution in [0, 0.1) is 0 Å². The highest BCUT2D eigenvalue weighted by atomic mass is 32.2. The molecule has 0 aromatic rings. The van der Waals surface area contributed by atoms with Gasteiger partial charge in [-0.3, -0.25) is 4.55 Å². The minimum Gasteiger partial charge on any atom is -0.458 e. The van der Waals surface area contributed by atoms with Gasteiger partial charge in [-0.25, -0.2) is 4.79 Å². The molecule has 0 rings (SSSR count). The number of carbonyl (C=O) groups is 1. The van der Waals surface area contributed by atoms with Crippen molar-refractivity contribution in [2.24, 2.45) is 5.73 Å². The van der Waals surface area contributed by atoms with Crippen LogP contribution in [-0.2, 0) is 19.6 Å². The fourth-order valence-corrected chi connectivity index (χ4v) is 0.646. The van der Waals surface area contributed by atoms with E-state index in [1.54, 1.807) is 20.8 Å². The molecular weight excluding hydrogens is 250 g/mol. The summed E-state index contributed by atoms with van der Waals surface area (Å²) in [6, 6.07) is 0. The smallest absolute Gasteiger partial charge is 0.335 e. The predicted molar refractivity (Wildman–Crippen MR) is 63.0 cm³/mol. The molecule has 1 atom stereocenters. The van der Waals surface area contributed by atoms with Gasteiger partial charge in [0, 0.05) is 0 Å². The largest absolute Gasteiger partial charge is 0.458 e. The summed E-state index contributed by atoms with van der Waals surface area (Å²) < 4.78 is 30.8. The summed E-state index contributed by atoms with van der Waals surface area (Å²) in [4.78, 5) is 11.0. The third kappa shape index (κ3) is 21.2. The zero-order valence-corrected chi connectivity index (χ0v) is 11.3. The molecular formula is C9H21NO6S. The van der Waals surface area contributed by atoms with Crippen molar-refractivity contribution in [3.05, 3.63) is 0 Å². The second kappa shape index (κ2) is 7.59. The molecule has 104 valence electrons. The van der Waals surface area contributed by atoms with Gasteiger partial charge in [-0.1, -0.05) is 0 Å². The van der Waals surface area contributed by atoms with Crippen LogP contribution >= 0.6 is 0 Å². The Balaban J connectivity index is 0. The summed E-state index contributed by atoms with van der Waals surface area (Å²) in [7, 11) is -3.67. The molecule has 0 aromatic carbocycles. The molecule has 0 fully saturated rings. The first-order chi connectivity index (χ1) is 7.37. The SMILES string of the molecule is CC(C)(C)OC(=O)C(O)CCN.CS(=O)(=O)O. The molecule has 0 amide bonds. The molecule has 1 unspecified atom stereocenters. The highest BCUT2D eigenvalue weighted by Crippen LogP contribution is 2.09. The Kier molecular flexibility index (Phi) is 8.33. The van der Waals surface area contributed by atoms with Crippen LogP contribution in [0.25, 0.3) is 0 Å². The molecule has 8 heteroatoms. The van der Waals surface area contributed by atoms with Crippen molar-refractivity contribution >= 4 is 16.1 Å². The van der Waals surface area contributed by atoms with Crippen molar-refractivity contribution in [1.29, 1.82) is 0 Å². The number of carbonyl (C=O) groups excluding carboxylic acids is 1. The van der Waals surface area contributed by atoms with Gasteiger partial charge < -0.3 is 15.6 Å². The Morgan fingerprint density at radius 1 is 1.41 bits per heavy atom. The molecule has 0 radical (unpaired) electrons. The van der Waals surface area contributed by atoms with Crippen LogP contribution < -0.4 is 5.73 Å². The third-order valence-corrected chi connectivity index (χ3v) is 1.12. The normalized spacial score (nSPS) is 13.4. The van der Waals surface area contributed by atoms with Gasteiger partial charge >= 0.3 is 5.97 Å². The number of hydrogen-bond acceptors (Lipinski definition) is 6. The summed E-state index contributed by atoms with van der Waals surface area (Å²) >= 11 is 0. The van der Waals surface area contributed by atoms with E-state index in [-0.39, 0.29) is 13.0 Å². The summed E-state index contributed by atoms with van der Waals surface area (Å²) in [5.41, 5.74) is 4.61. The van der Waals surface area contributed by atoms with Crippen molar-refractivity contribution in [1.82, 2.24) is 0 Å². The average molecular weight is 271 g/mol. The van der Waals surface area contributed by atoms with Crippen LogP contribution in [0.4, 0.5) is 0 Å². The molecule has 4 N–H and O–H groups in total. The van der Waals surface area contributed by atoms with Crippen LogP contribution in [0.1, 0.15) is 27.2 Å². The number of ether oxygens (including phenoxy) is 1. The van der Waals surface area contributed by atoms with Gasteiger partial charge in [-0.05, 0) is 33.7 Å². The second-order valence-electron chi connectivity index (χ2n) is 4.36. The molecule has 0 aliphatic rings. The Morgan fingerprint density at radius 3 is 2.00 bits per heavy atom. The lowest BCUT2D eigenvalue weighted by Crippen LogP contribution is -2.32. The van der Waals surface area contributed by atoms with Crippen LogP contribution in [0.15, 0.2) is 0 Å². The van der Waals surface area contributed by atoms with E-state index in [2.05, 4.69) is 0 Å². The van der Waals surface area contributed by atoms with Gasteiger partial charge in [0.15, 0.2) is 6.10 Å². The first kappa shape index (κ1) is 18.7. The molecule has 0 aliphatic heterocycles. The lowest BCUT2D eigenvalue weighted by atomic mass is 10.2. The topological polar surface area (TPSA) is 127 Å². The zero-order chi connectivity index (χ0) is 14.3. The summed E-state index contributed by atoms with van der Waals surface area (Å²) in [5.74, 6) is -0.604. The maximum absolute atomic E-state index is 11.0. The molecule has 0 heterocycles. The lowest BCUT2D eigenvalue weighted by molar-refractivity contribution is -0.165. The fraction of sp³-hybridized carbons (Fsp3) is 0.889. The van der Waals surface area contributed by atoms with Crippen molar-refractivity contribution in [3.8, 4) is 0 Å². The van der Waals surface area contributed by atoms with Crippen LogP contribution in [0.2, 0.25) is 0 Å². The fourth-order valence-electron chi connectivity index (χ4n) is 0.646. The van der Waals surface area contributed by atoms with Crippen molar-refractivity contribution < 1.29 is 27.6 Å². The van der Waals surface area contributed by atoms with E-state index in [0.29, 0.717) is 6.26 Å². The summed E-state index contributed by atoms with van der Waals surface area (Å²) in [6.07, 6.45) is -0.128. The molecule has 0 saturated heterocycles. The summed E-state index contributed by atoms with van der Waals surface area (Å²) in [6.45, 7) is 5.53. The Morgan fingerprint density at radius 2 is 1.76 bits per heavy atom. The maximum Gasteiger partial charge on any atom is 0.335 e. The van der Waals surface area contributed by atoms with Crippen molar-refractivity contribution in [2.45, 2.75) is 38.9 Å². The monoisotopic (exact) mass is 271 g/mol. The lowest BCUT2D eigenvalue weighted by Gasteiger charge is -2.21. The molecule has 0 spiro atoms. The number of aliphatic hydroxyl groups is 1. The standard InChI is InChI=1S/C8H17NO3.CH4O3S/c1-8(2,3)12-7(11)6(10)4-5-9;1-5(2,3)4/h6,10H,4-5,9H2,1-3H3;1H3,(H,2,3,4). The molecule has 0 bridgehead atoms. The highest BCUT2D eigenvalue weighted by Gasteiger charge is 2.22. The number of esters is 1. The van der Waals surface area contributed by atoms with Gasteiger partial charge in [0.05, 0.1) is 6.26 Å². The van der Waals surface area contributed by atoms with Crippen LogP contribution in [-0.4, -0.2) is 48.6 Å². The third-order valence-electron chi connectivity index (χ3n) is 1.12. The van der Waals surface area contributed by atoms with E-state index in [9.17, 15) is 13.2 Å². The maximum atomic E-state index is 11.0. The molecule has 0 aromatic heterocycles. The molecule has 0 aliphatic carbocycles. The Hall–Kier alpha value is -0.700. The van der Waals surface area contributed by atoms with E-state index < -0.39 is 27.8 Å². The van der Waals surface area contributed by atoms with Gasteiger partial charge in [0.1, 0.15) is 5.60 Å². The van der Waals surface area contributed by atoms with Gasteiger partial charge in [-0.2, -0.15) is 8.42 Å². The number of rotatable bonds is 3. The van der Waals surface area contributed by atoms with E-state index in [1.165, 1.54) is 0 Å². The number of aliphatic hydroxyl groups excluding tert-OH is 1. The Labute approximate surface area is 102 Å². The van der Waals surface area contributed by atoms with Crippen LogP contribution in [0.3, 0.4) is 0 Å². The molecule has 0 saturated carbocycles. The predicted octanol–water partition coefficient (Wildman–Crippen LogP) is -0.458. The second-order valence-corrected chi connectivity index (χ2v) is 5.83. The number of nitrogens with two attached hydrogens (primary N) is 1. The molecule has 17 heavy (non-hydrogen) atoms. The van der Waals surface area contributed by atoms with E-state index in [1.807, 2.05) is 0 Å². The highest BCUT2D eigenvalue weighted by molar-refractivity contribution is 7.85. The zero-order valence-electron chi connectivity index (χ0n) is 10.5.